The molecule has 1 unspecified atom stereocenters. The lowest BCUT2D eigenvalue weighted by Crippen LogP contribution is -2.31. The van der Waals surface area contributed by atoms with Crippen molar-refractivity contribution in [2.75, 3.05) is 0 Å². The van der Waals surface area contributed by atoms with Crippen molar-refractivity contribution in [3.8, 4) is 0 Å². The van der Waals surface area contributed by atoms with Crippen LogP contribution in [0.4, 0.5) is 0 Å². The van der Waals surface area contributed by atoms with Gasteiger partial charge in [0.05, 0.1) is 11.1 Å². The van der Waals surface area contributed by atoms with Crippen LogP contribution in [0.2, 0.25) is 0 Å². The van der Waals surface area contributed by atoms with Gasteiger partial charge in [-0.1, -0.05) is 71.9 Å². The number of H-pyrrole nitrogens is 1. The largest absolute Gasteiger partial charge is 0.325 e. The molecule has 1 atom stereocenters. The van der Waals surface area contributed by atoms with Crippen molar-refractivity contribution >= 4 is 0 Å². The highest BCUT2D eigenvalue weighted by Crippen LogP contribution is 2.36. The molecule has 0 bridgehead atoms. The number of aromatic nitrogens is 2. The normalized spacial score (nSPS) is 14.3. The van der Waals surface area contributed by atoms with Crippen LogP contribution < -0.4 is 5.56 Å². The molecule has 0 fully saturated rings. The van der Waals surface area contributed by atoms with Gasteiger partial charge in [-0.05, 0) is 65.5 Å². The zero-order chi connectivity index (χ0) is 23.0. The maximum Gasteiger partial charge on any atom is 0.248 e. The Kier molecular flexibility index (Phi) is 6.01. The van der Waals surface area contributed by atoms with Gasteiger partial charge in [0.1, 0.15) is 0 Å². The Hall–Kier alpha value is -2.68. The molecule has 3 heteroatoms. The van der Waals surface area contributed by atoms with Crippen LogP contribution in [-0.2, 0) is 22.7 Å². The molecular weight excluding hydrogens is 380 g/mol. The Morgan fingerprint density at radius 2 is 1.45 bits per heavy atom. The van der Waals surface area contributed by atoms with E-state index < -0.39 is 5.41 Å². The predicted molar refractivity (Wildman–Crippen MR) is 130 cm³/mol. The molecule has 3 rings (SSSR count). The molecule has 0 amide bonds. The standard InChI is InChI=1S/C28H36N2O/c1-19-12-13-23(29-18-19)28(8,24-10-9-11-25(31)30-24)17-20-14-21(26(2,3)4)16-22(15-20)27(5,6)7/h9-16,18H,17H2,1-8H3,(H,30,31). The summed E-state index contributed by atoms with van der Waals surface area (Å²) >= 11 is 0. The molecule has 164 valence electrons. The highest BCUT2D eigenvalue weighted by atomic mass is 16.1. The molecular formula is C28H36N2O. The van der Waals surface area contributed by atoms with Crippen LogP contribution in [0.5, 0.6) is 0 Å². The maximum atomic E-state index is 12.2. The average Bonchev–Trinajstić information content (AvgIpc) is 2.67. The summed E-state index contributed by atoms with van der Waals surface area (Å²) in [6, 6.07) is 16.5. The number of hydrogen-bond donors (Lipinski definition) is 1. The van der Waals surface area contributed by atoms with Gasteiger partial charge in [-0.2, -0.15) is 0 Å². The molecule has 0 saturated heterocycles. The monoisotopic (exact) mass is 416 g/mol. The highest BCUT2D eigenvalue weighted by molar-refractivity contribution is 5.41. The van der Waals surface area contributed by atoms with E-state index in [1.54, 1.807) is 6.07 Å². The first-order valence-corrected chi connectivity index (χ1v) is 11.1. The van der Waals surface area contributed by atoms with Crippen LogP contribution in [0.15, 0.2) is 59.5 Å². The van der Waals surface area contributed by atoms with E-state index >= 15 is 0 Å². The van der Waals surface area contributed by atoms with E-state index in [0.717, 1.165) is 23.4 Å². The number of rotatable bonds is 4. The first kappa shape index (κ1) is 23.0. The fraction of sp³-hybridized carbons (Fsp3) is 0.429. The van der Waals surface area contributed by atoms with E-state index in [4.69, 9.17) is 4.98 Å². The molecule has 0 aliphatic heterocycles. The Labute approximate surface area is 187 Å². The van der Waals surface area contributed by atoms with Crippen LogP contribution in [0.1, 0.15) is 82.1 Å². The first-order valence-electron chi connectivity index (χ1n) is 11.1. The van der Waals surface area contributed by atoms with Crippen molar-refractivity contribution in [2.45, 2.75) is 78.1 Å². The first-order chi connectivity index (χ1) is 14.3. The van der Waals surface area contributed by atoms with Crippen molar-refractivity contribution in [2.24, 2.45) is 0 Å². The minimum absolute atomic E-state index is 0.0512. The topological polar surface area (TPSA) is 45.8 Å². The molecule has 1 aromatic carbocycles. The molecule has 3 aromatic rings. The van der Waals surface area contributed by atoms with Crippen LogP contribution in [-0.4, -0.2) is 9.97 Å². The van der Waals surface area contributed by atoms with E-state index in [1.165, 1.54) is 16.7 Å². The minimum Gasteiger partial charge on any atom is -0.325 e. The van der Waals surface area contributed by atoms with E-state index in [0.29, 0.717) is 0 Å². The van der Waals surface area contributed by atoms with Gasteiger partial charge in [-0.15, -0.1) is 0 Å². The lowest BCUT2D eigenvalue weighted by Gasteiger charge is -2.32. The average molecular weight is 417 g/mol. The van der Waals surface area contributed by atoms with Gasteiger partial charge >= 0.3 is 0 Å². The SMILES string of the molecule is Cc1ccc(C(C)(Cc2cc(C(C)(C)C)cc(C(C)(C)C)c2)c2cccc(=O)[nH]2)nc1. The second-order valence-electron chi connectivity index (χ2n) is 11.1. The number of hydrogen-bond acceptors (Lipinski definition) is 2. The summed E-state index contributed by atoms with van der Waals surface area (Å²) in [5, 5.41) is 0. The summed E-state index contributed by atoms with van der Waals surface area (Å²) in [6.07, 6.45) is 2.65. The van der Waals surface area contributed by atoms with Gasteiger partial charge in [-0.3, -0.25) is 9.78 Å². The molecule has 0 spiro atoms. The van der Waals surface area contributed by atoms with Crippen LogP contribution >= 0.6 is 0 Å². The molecule has 0 aliphatic carbocycles. The number of nitrogens with one attached hydrogen (secondary N) is 1. The van der Waals surface area contributed by atoms with Crippen molar-refractivity contribution in [1.29, 1.82) is 0 Å². The smallest absolute Gasteiger partial charge is 0.248 e. The van der Waals surface area contributed by atoms with Crippen molar-refractivity contribution in [3.63, 3.8) is 0 Å². The lowest BCUT2D eigenvalue weighted by molar-refractivity contribution is 0.523. The zero-order valence-electron chi connectivity index (χ0n) is 20.3. The van der Waals surface area contributed by atoms with Gasteiger partial charge in [0.25, 0.3) is 0 Å². The Bertz CT molecular complexity index is 1080. The molecule has 0 aliphatic rings. The van der Waals surface area contributed by atoms with E-state index in [1.807, 2.05) is 25.3 Å². The maximum absolute atomic E-state index is 12.2. The second-order valence-corrected chi connectivity index (χ2v) is 11.1. The van der Waals surface area contributed by atoms with E-state index in [-0.39, 0.29) is 16.4 Å². The summed E-state index contributed by atoms with van der Waals surface area (Å²) < 4.78 is 0. The fourth-order valence-electron chi connectivity index (χ4n) is 3.96. The third-order valence-corrected chi connectivity index (χ3v) is 6.12. The Morgan fingerprint density at radius 3 is 1.94 bits per heavy atom. The highest BCUT2D eigenvalue weighted by Gasteiger charge is 2.33. The molecule has 31 heavy (non-hydrogen) atoms. The Morgan fingerprint density at radius 1 is 0.839 bits per heavy atom. The van der Waals surface area contributed by atoms with E-state index in [9.17, 15) is 4.79 Å². The zero-order valence-corrected chi connectivity index (χ0v) is 20.3. The molecule has 3 nitrogen and oxygen atoms in total. The van der Waals surface area contributed by atoms with Crippen LogP contribution in [0.3, 0.4) is 0 Å². The third kappa shape index (κ3) is 5.15. The van der Waals surface area contributed by atoms with Crippen molar-refractivity contribution in [3.05, 3.63) is 98.7 Å². The number of aryl methyl sites for hydroxylation is 1. The Balaban J connectivity index is 2.20. The summed E-state index contributed by atoms with van der Waals surface area (Å²) in [7, 11) is 0. The van der Waals surface area contributed by atoms with Gasteiger partial charge in [0.2, 0.25) is 5.56 Å². The van der Waals surface area contributed by atoms with E-state index in [2.05, 4.69) is 83.8 Å². The molecule has 2 heterocycles. The second kappa shape index (κ2) is 8.11. The number of aromatic amines is 1. The third-order valence-electron chi connectivity index (χ3n) is 6.12. The molecule has 0 radical (unpaired) electrons. The predicted octanol–water partition coefficient (Wildman–Crippen LogP) is 6.22. The fourth-order valence-corrected chi connectivity index (χ4v) is 3.96. The van der Waals surface area contributed by atoms with Gasteiger partial charge in [-0.25, -0.2) is 0 Å². The summed E-state index contributed by atoms with van der Waals surface area (Å²) in [5.74, 6) is 0. The quantitative estimate of drug-likeness (QED) is 0.548. The van der Waals surface area contributed by atoms with Gasteiger partial charge in [0, 0.05) is 18.0 Å². The lowest BCUT2D eigenvalue weighted by atomic mass is 9.74. The van der Waals surface area contributed by atoms with Gasteiger partial charge in [0.15, 0.2) is 0 Å². The number of benzene rings is 1. The van der Waals surface area contributed by atoms with Crippen LogP contribution in [0, 0.1) is 6.92 Å². The summed E-state index contributed by atoms with van der Waals surface area (Å²) in [6.45, 7) is 17.8. The molecule has 0 saturated carbocycles. The molecule has 2 aromatic heterocycles. The summed E-state index contributed by atoms with van der Waals surface area (Å²) in [4.78, 5) is 20.0. The summed E-state index contributed by atoms with van der Waals surface area (Å²) in [5.41, 5.74) is 6.43. The minimum atomic E-state index is -0.459. The van der Waals surface area contributed by atoms with Crippen molar-refractivity contribution < 1.29 is 0 Å². The van der Waals surface area contributed by atoms with Gasteiger partial charge < -0.3 is 4.98 Å². The van der Waals surface area contributed by atoms with Crippen LogP contribution in [0.25, 0.3) is 0 Å². The number of nitrogens with zero attached hydrogens (tertiary/aromatic N) is 1. The number of pyridine rings is 2. The van der Waals surface area contributed by atoms with Crippen molar-refractivity contribution in [1.82, 2.24) is 9.97 Å². The molecule has 1 N–H and O–H groups in total.